The molecule has 1 aromatic rings. The van der Waals surface area contributed by atoms with Gasteiger partial charge in [-0.1, -0.05) is 18.2 Å². The minimum atomic E-state index is -0.0347. The van der Waals surface area contributed by atoms with Gasteiger partial charge in [0.25, 0.3) is 0 Å². The topological polar surface area (TPSA) is 55.9 Å². The van der Waals surface area contributed by atoms with E-state index < -0.39 is 0 Å². The van der Waals surface area contributed by atoms with E-state index in [1.54, 1.807) is 0 Å². The van der Waals surface area contributed by atoms with Crippen LogP contribution in [-0.2, 0) is 9.59 Å². The number of hydrogen-bond acceptors (Lipinski definition) is 4. The fourth-order valence-electron chi connectivity index (χ4n) is 5.87. The van der Waals surface area contributed by atoms with Gasteiger partial charge in [0.2, 0.25) is 11.8 Å². The molecule has 0 spiro atoms. The van der Waals surface area contributed by atoms with Gasteiger partial charge in [0, 0.05) is 56.9 Å². The molecule has 0 aliphatic carbocycles. The van der Waals surface area contributed by atoms with E-state index in [1.165, 1.54) is 12.8 Å². The van der Waals surface area contributed by atoms with Crippen LogP contribution < -0.4 is 10.2 Å². The first kappa shape index (κ1) is 19.1. The van der Waals surface area contributed by atoms with Crippen molar-refractivity contribution in [3.8, 4) is 0 Å². The predicted octanol–water partition coefficient (Wildman–Crippen LogP) is 1.86. The zero-order chi connectivity index (χ0) is 19.8. The minimum absolute atomic E-state index is 0.0347. The minimum Gasteiger partial charge on any atom is -0.340 e. The Morgan fingerprint density at radius 1 is 0.931 bits per heavy atom. The van der Waals surface area contributed by atoms with Crippen molar-refractivity contribution in [3.63, 3.8) is 0 Å². The van der Waals surface area contributed by atoms with E-state index in [2.05, 4.69) is 10.2 Å². The summed E-state index contributed by atoms with van der Waals surface area (Å²) in [5.41, 5.74) is 0.991. The molecule has 2 bridgehead atoms. The number of benzene rings is 1. The van der Waals surface area contributed by atoms with E-state index in [0.717, 1.165) is 57.7 Å². The SMILES string of the molecule is O=C(CC1CC2CCC(C1)N2)N1CCN(C2CCN(c3ccccc3)C2=O)CC1. The maximum atomic E-state index is 12.9. The van der Waals surface area contributed by atoms with E-state index in [4.69, 9.17) is 0 Å². The Balaban J connectivity index is 1.12. The Bertz CT molecular complexity index is 735. The van der Waals surface area contributed by atoms with Gasteiger partial charge in [-0.15, -0.1) is 0 Å². The molecule has 2 amide bonds. The highest BCUT2D eigenvalue weighted by Crippen LogP contribution is 2.33. The number of piperazine rings is 1. The highest BCUT2D eigenvalue weighted by atomic mass is 16.2. The Hall–Kier alpha value is -1.92. The number of amides is 2. The number of rotatable bonds is 4. The molecule has 0 saturated carbocycles. The van der Waals surface area contributed by atoms with Crippen LogP contribution in [0.2, 0.25) is 0 Å². The van der Waals surface area contributed by atoms with Gasteiger partial charge in [-0.25, -0.2) is 0 Å². The Labute approximate surface area is 173 Å². The van der Waals surface area contributed by atoms with Crippen LogP contribution in [0.4, 0.5) is 5.69 Å². The van der Waals surface area contributed by atoms with Crippen molar-refractivity contribution in [2.45, 2.75) is 56.7 Å². The fourth-order valence-corrected chi connectivity index (χ4v) is 5.87. The number of carbonyl (C=O) groups excluding carboxylic acids is 2. The lowest BCUT2D eigenvalue weighted by atomic mass is 9.89. The third kappa shape index (κ3) is 3.92. The van der Waals surface area contributed by atoms with Crippen molar-refractivity contribution in [2.24, 2.45) is 5.92 Å². The van der Waals surface area contributed by atoms with Gasteiger partial charge in [0.15, 0.2) is 0 Å². The smallest absolute Gasteiger partial charge is 0.244 e. The second kappa shape index (κ2) is 8.07. The maximum absolute atomic E-state index is 12.9. The summed E-state index contributed by atoms with van der Waals surface area (Å²) in [5, 5.41) is 3.66. The zero-order valence-electron chi connectivity index (χ0n) is 17.1. The zero-order valence-corrected chi connectivity index (χ0v) is 17.1. The molecule has 6 nitrogen and oxygen atoms in total. The number of para-hydroxylation sites is 1. The number of fused-ring (bicyclic) bond motifs is 2. The van der Waals surface area contributed by atoms with Gasteiger partial charge in [-0.05, 0) is 50.2 Å². The first-order valence-electron chi connectivity index (χ1n) is 11.3. The van der Waals surface area contributed by atoms with Crippen LogP contribution in [-0.4, -0.2) is 72.5 Å². The van der Waals surface area contributed by atoms with Gasteiger partial charge < -0.3 is 15.1 Å². The van der Waals surface area contributed by atoms with Gasteiger partial charge in [-0.3, -0.25) is 14.5 Å². The molecule has 6 heteroatoms. The normalized spacial score (nSPS) is 32.8. The van der Waals surface area contributed by atoms with E-state index in [1.807, 2.05) is 40.1 Å². The molecule has 4 aliphatic rings. The highest BCUT2D eigenvalue weighted by molar-refractivity contribution is 5.99. The summed E-state index contributed by atoms with van der Waals surface area (Å²) in [6, 6.07) is 11.2. The van der Waals surface area contributed by atoms with Gasteiger partial charge in [0.05, 0.1) is 6.04 Å². The van der Waals surface area contributed by atoms with Crippen LogP contribution in [0.15, 0.2) is 30.3 Å². The molecule has 1 N–H and O–H groups in total. The average molecular weight is 397 g/mol. The molecule has 4 aliphatic heterocycles. The van der Waals surface area contributed by atoms with Crippen molar-refractivity contribution in [1.82, 2.24) is 15.1 Å². The number of carbonyl (C=O) groups is 2. The molecule has 29 heavy (non-hydrogen) atoms. The molecule has 0 radical (unpaired) electrons. The van der Waals surface area contributed by atoms with Crippen molar-refractivity contribution in [3.05, 3.63) is 30.3 Å². The van der Waals surface area contributed by atoms with Crippen molar-refractivity contribution in [2.75, 3.05) is 37.6 Å². The molecule has 3 atom stereocenters. The average Bonchev–Trinajstić information content (AvgIpc) is 3.30. The number of nitrogens with one attached hydrogen (secondary N) is 1. The lowest BCUT2D eigenvalue weighted by molar-refractivity contribution is -0.135. The Kier molecular flexibility index (Phi) is 5.31. The van der Waals surface area contributed by atoms with Crippen molar-refractivity contribution in [1.29, 1.82) is 0 Å². The summed E-state index contributed by atoms with van der Waals surface area (Å²) < 4.78 is 0. The Morgan fingerprint density at radius 2 is 1.62 bits per heavy atom. The third-order valence-corrected chi connectivity index (χ3v) is 7.39. The van der Waals surface area contributed by atoms with Crippen LogP contribution in [0.3, 0.4) is 0 Å². The van der Waals surface area contributed by atoms with E-state index in [0.29, 0.717) is 30.3 Å². The largest absolute Gasteiger partial charge is 0.340 e. The van der Waals surface area contributed by atoms with Gasteiger partial charge in [-0.2, -0.15) is 0 Å². The molecule has 4 heterocycles. The molecular formula is C23H32N4O2. The fraction of sp³-hybridized carbons (Fsp3) is 0.652. The maximum Gasteiger partial charge on any atom is 0.244 e. The highest BCUT2D eigenvalue weighted by Gasteiger charge is 2.39. The predicted molar refractivity (Wildman–Crippen MR) is 113 cm³/mol. The standard InChI is InChI=1S/C23H32N4O2/c28-22(16-17-14-18-6-7-19(15-17)24-18)26-12-10-25(11-13-26)21-8-9-27(23(21)29)20-4-2-1-3-5-20/h1-5,17-19,21,24H,6-16H2. The monoisotopic (exact) mass is 396 g/mol. The van der Waals surface area contributed by atoms with Crippen molar-refractivity contribution >= 4 is 17.5 Å². The first-order chi connectivity index (χ1) is 14.2. The number of anilines is 1. The van der Waals surface area contributed by atoms with Crippen LogP contribution in [0.5, 0.6) is 0 Å². The summed E-state index contributed by atoms with van der Waals surface area (Å²) >= 11 is 0. The van der Waals surface area contributed by atoms with Gasteiger partial charge >= 0.3 is 0 Å². The molecule has 5 rings (SSSR count). The lowest BCUT2D eigenvalue weighted by Crippen LogP contribution is -2.54. The molecule has 156 valence electrons. The van der Waals surface area contributed by atoms with Crippen LogP contribution in [0.1, 0.15) is 38.5 Å². The van der Waals surface area contributed by atoms with E-state index >= 15 is 0 Å². The summed E-state index contributed by atoms with van der Waals surface area (Å²) in [7, 11) is 0. The van der Waals surface area contributed by atoms with E-state index in [-0.39, 0.29) is 11.9 Å². The quantitative estimate of drug-likeness (QED) is 0.844. The summed E-state index contributed by atoms with van der Waals surface area (Å²) in [4.78, 5) is 32.0. The summed E-state index contributed by atoms with van der Waals surface area (Å²) in [6.45, 7) is 3.91. The van der Waals surface area contributed by atoms with Crippen LogP contribution in [0.25, 0.3) is 0 Å². The van der Waals surface area contributed by atoms with Crippen LogP contribution in [0, 0.1) is 5.92 Å². The number of hydrogen-bond donors (Lipinski definition) is 1. The Morgan fingerprint density at radius 3 is 2.31 bits per heavy atom. The first-order valence-corrected chi connectivity index (χ1v) is 11.3. The number of piperidine rings is 1. The molecule has 0 aromatic heterocycles. The van der Waals surface area contributed by atoms with Crippen LogP contribution >= 0.6 is 0 Å². The van der Waals surface area contributed by atoms with Crippen molar-refractivity contribution < 1.29 is 9.59 Å². The van der Waals surface area contributed by atoms with E-state index in [9.17, 15) is 9.59 Å². The number of nitrogens with zero attached hydrogens (tertiary/aromatic N) is 3. The lowest BCUT2D eigenvalue weighted by Gasteiger charge is -2.38. The second-order valence-electron chi connectivity index (χ2n) is 9.23. The van der Waals surface area contributed by atoms with Gasteiger partial charge in [0.1, 0.15) is 0 Å². The molecular weight excluding hydrogens is 364 g/mol. The summed E-state index contributed by atoms with van der Waals surface area (Å²) in [6.07, 6.45) is 6.47. The second-order valence-corrected chi connectivity index (χ2v) is 9.23. The molecule has 4 saturated heterocycles. The molecule has 3 unspecified atom stereocenters. The third-order valence-electron chi connectivity index (χ3n) is 7.39. The molecule has 1 aromatic carbocycles. The summed E-state index contributed by atoms with van der Waals surface area (Å²) in [5.74, 6) is 1.08. The molecule has 4 fully saturated rings.